The number of carbonyl (C=O) groups excluding carboxylic acids is 2. The van der Waals surface area contributed by atoms with Crippen LogP contribution in [0.2, 0.25) is 0 Å². The minimum absolute atomic E-state index is 0.138. The van der Waals surface area contributed by atoms with Gasteiger partial charge < -0.3 is 20.1 Å². The van der Waals surface area contributed by atoms with Crippen LogP contribution in [-0.2, 0) is 19.1 Å². The van der Waals surface area contributed by atoms with Crippen molar-refractivity contribution in [3.05, 3.63) is 0 Å². The Morgan fingerprint density at radius 1 is 1.29 bits per heavy atom. The molecule has 0 unspecified atom stereocenters. The Kier molecular flexibility index (Phi) is 8.35. The summed E-state index contributed by atoms with van der Waals surface area (Å²) in [5.41, 5.74) is 0. The summed E-state index contributed by atoms with van der Waals surface area (Å²) < 4.78 is 9.51. The molecule has 0 aliphatic heterocycles. The van der Waals surface area contributed by atoms with E-state index in [-0.39, 0.29) is 11.9 Å². The first-order valence-electron chi connectivity index (χ1n) is 5.58. The van der Waals surface area contributed by atoms with E-state index in [9.17, 15) is 9.59 Å². The summed E-state index contributed by atoms with van der Waals surface area (Å²) in [6.07, 6.45) is 1.00. The van der Waals surface area contributed by atoms with E-state index in [0.717, 1.165) is 0 Å². The van der Waals surface area contributed by atoms with Gasteiger partial charge in [0.1, 0.15) is 6.04 Å². The van der Waals surface area contributed by atoms with E-state index in [2.05, 4.69) is 15.4 Å². The second-order valence-corrected chi connectivity index (χ2v) is 3.79. The molecule has 2 N–H and O–H groups in total. The Balaban J connectivity index is 3.89. The van der Waals surface area contributed by atoms with Gasteiger partial charge in [0.15, 0.2) is 0 Å². The number of methoxy groups -OCH3 is 2. The number of esters is 1. The minimum Gasteiger partial charge on any atom is -0.467 e. The highest BCUT2D eigenvalue weighted by molar-refractivity contribution is 5.84. The lowest BCUT2D eigenvalue weighted by atomic mass is 10.1. The van der Waals surface area contributed by atoms with Crippen LogP contribution >= 0.6 is 0 Å². The molecule has 2 atom stereocenters. The molecule has 100 valence electrons. The highest BCUT2D eigenvalue weighted by Crippen LogP contribution is 1.98. The third kappa shape index (κ3) is 6.91. The number of amides is 1. The molecule has 6 heteroatoms. The minimum atomic E-state index is -0.608. The summed E-state index contributed by atoms with van der Waals surface area (Å²) in [5.74, 6) is -0.611. The Bertz CT molecular complexity index is 246. The monoisotopic (exact) mass is 246 g/mol. The Hall–Kier alpha value is -1.14. The van der Waals surface area contributed by atoms with Crippen molar-refractivity contribution < 1.29 is 19.1 Å². The Labute approximate surface area is 102 Å². The molecule has 0 aromatic heterocycles. The van der Waals surface area contributed by atoms with Crippen molar-refractivity contribution >= 4 is 11.9 Å². The number of ether oxygens (including phenoxy) is 2. The van der Waals surface area contributed by atoms with Crippen molar-refractivity contribution in [2.45, 2.75) is 31.8 Å². The van der Waals surface area contributed by atoms with Gasteiger partial charge in [-0.2, -0.15) is 0 Å². The van der Waals surface area contributed by atoms with Crippen molar-refractivity contribution in [3.8, 4) is 0 Å². The van der Waals surface area contributed by atoms with E-state index >= 15 is 0 Å². The molecule has 0 aliphatic rings. The summed E-state index contributed by atoms with van der Waals surface area (Å²) in [5, 5.41) is 5.62. The summed E-state index contributed by atoms with van der Waals surface area (Å²) in [6, 6.07) is -0.470. The van der Waals surface area contributed by atoms with E-state index in [4.69, 9.17) is 4.74 Å². The fourth-order valence-corrected chi connectivity index (χ4v) is 1.37. The smallest absolute Gasteiger partial charge is 0.328 e. The molecule has 17 heavy (non-hydrogen) atoms. The van der Waals surface area contributed by atoms with Crippen LogP contribution in [0.5, 0.6) is 0 Å². The summed E-state index contributed by atoms with van der Waals surface area (Å²) in [6.45, 7) is 2.14. The molecule has 0 saturated heterocycles. The highest BCUT2D eigenvalue weighted by Gasteiger charge is 2.16. The average Bonchev–Trinajstić information content (AvgIpc) is 2.33. The topological polar surface area (TPSA) is 76.7 Å². The van der Waals surface area contributed by atoms with E-state index in [1.807, 2.05) is 7.05 Å². The molecule has 0 fully saturated rings. The van der Waals surface area contributed by atoms with Crippen LogP contribution in [0.15, 0.2) is 0 Å². The fraction of sp³-hybridized carbons (Fsp3) is 0.818. The number of rotatable bonds is 8. The van der Waals surface area contributed by atoms with Gasteiger partial charge in [-0.25, -0.2) is 4.79 Å². The predicted octanol–water partition coefficient (Wildman–Crippen LogP) is -0.321. The van der Waals surface area contributed by atoms with Gasteiger partial charge in [0, 0.05) is 19.6 Å². The molecule has 0 aromatic rings. The van der Waals surface area contributed by atoms with Gasteiger partial charge in [-0.15, -0.1) is 0 Å². The number of hydrogen-bond acceptors (Lipinski definition) is 5. The van der Waals surface area contributed by atoms with Crippen LogP contribution in [0.4, 0.5) is 0 Å². The zero-order valence-corrected chi connectivity index (χ0v) is 10.9. The van der Waals surface area contributed by atoms with Crippen molar-refractivity contribution in [3.63, 3.8) is 0 Å². The lowest BCUT2D eigenvalue weighted by Crippen LogP contribution is -2.40. The fourth-order valence-electron chi connectivity index (χ4n) is 1.37. The highest BCUT2D eigenvalue weighted by atomic mass is 16.5. The van der Waals surface area contributed by atoms with Crippen molar-refractivity contribution in [2.24, 2.45) is 0 Å². The molecule has 0 aliphatic carbocycles. The maximum absolute atomic E-state index is 11.5. The molecule has 0 radical (unpaired) electrons. The first kappa shape index (κ1) is 15.9. The molecule has 0 aromatic carbocycles. The number of carbonyl (C=O) groups is 2. The number of hydrogen-bond donors (Lipinski definition) is 2. The third-order valence-electron chi connectivity index (χ3n) is 2.43. The predicted molar refractivity (Wildman–Crippen MR) is 63.6 cm³/mol. The van der Waals surface area contributed by atoms with Crippen molar-refractivity contribution in [2.75, 3.05) is 27.9 Å². The standard InChI is InChI=1S/C11H22N2O4/c1-8(11(15)17-4)13-10(14)6-5-9(12-2)7-16-3/h8-9,12H,5-7H2,1-4H3,(H,13,14)/t8-,9+/m1/s1. The molecule has 0 heterocycles. The summed E-state index contributed by atoms with van der Waals surface area (Å²) >= 11 is 0. The number of nitrogens with one attached hydrogen (secondary N) is 2. The molecular formula is C11H22N2O4. The van der Waals surface area contributed by atoms with Gasteiger partial charge in [-0.05, 0) is 20.4 Å². The van der Waals surface area contributed by atoms with Crippen LogP contribution in [-0.4, -0.2) is 51.8 Å². The molecule has 0 rings (SSSR count). The molecule has 0 bridgehead atoms. The number of likely N-dealkylation sites (N-methyl/N-ethyl adjacent to an activating group) is 1. The van der Waals surface area contributed by atoms with Crippen LogP contribution in [0.1, 0.15) is 19.8 Å². The maximum Gasteiger partial charge on any atom is 0.328 e. The van der Waals surface area contributed by atoms with E-state index in [0.29, 0.717) is 19.4 Å². The van der Waals surface area contributed by atoms with Gasteiger partial charge in [-0.1, -0.05) is 0 Å². The van der Waals surface area contributed by atoms with Gasteiger partial charge in [0.05, 0.1) is 13.7 Å². The van der Waals surface area contributed by atoms with Crippen LogP contribution in [0.3, 0.4) is 0 Å². The molecule has 1 amide bonds. The van der Waals surface area contributed by atoms with Gasteiger partial charge >= 0.3 is 5.97 Å². The second kappa shape index (κ2) is 8.95. The zero-order valence-electron chi connectivity index (χ0n) is 10.9. The molecular weight excluding hydrogens is 224 g/mol. The average molecular weight is 246 g/mol. The van der Waals surface area contributed by atoms with Crippen molar-refractivity contribution in [1.29, 1.82) is 0 Å². The van der Waals surface area contributed by atoms with Crippen LogP contribution < -0.4 is 10.6 Å². The SMILES string of the molecule is CN[C@@H](CCC(=O)N[C@H](C)C(=O)OC)COC. The summed E-state index contributed by atoms with van der Waals surface area (Å²) in [7, 11) is 4.73. The van der Waals surface area contributed by atoms with Gasteiger partial charge in [0.25, 0.3) is 0 Å². The second-order valence-electron chi connectivity index (χ2n) is 3.79. The van der Waals surface area contributed by atoms with Crippen LogP contribution in [0, 0.1) is 0 Å². The largest absolute Gasteiger partial charge is 0.467 e. The summed E-state index contributed by atoms with van der Waals surface area (Å²) in [4.78, 5) is 22.6. The third-order valence-corrected chi connectivity index (χ3v) is 2.43. The lowest BCUT2D eigenvalue weighted by molar-refractivity contribution is -0.144. The molecule has 0 spiro atoms. The lowest BCUT2D eigenvalue weighted by Gasteiger charge is -2.16. The Morgan fingerprint density at radius 3 is 2.41 bits per heavy atom. The normalized spacial score (nSPS) is 13.9. The first-order chi connectivity index (χ1) is 8.04. The van der Waals surface area contributed by atoms with E-state index in [1.165, 1.54) is 7.11 Å². The zero-order chi connectivity index (χ0) is 13.3. The van der Waals surface area contributed by atoms with Crippen molar-refractivity contribution in [1.82, 2.24) is 10.6 Å². The van der Waals surface area contributed by atoms with Crippen LogP contribution in [0.25, 0.3) is 0 Å². The maximum atomic E-state index is 11.5. The Morgan fingerprint density at radius 2 is 1.94 bits per heavy atom. The van der Waals surface area contributed by atoms with E-state index < -0.39 is 12.0 Å². The first-order valence-corrected chi connectivity index (χ1v) is 5.58. The van der Waals surface area contributed by atoms with E-state index in [1.54, 1.807) is 14.0 Å². The quantitative estimate of drug-likeness (QED) is 0.574. The molecule has 6 nitrogen and oxygen atoms in total. The molecule has 0 saturated carbocycles. The van der Waals surface area contributed by atoms with Gasteiger partial charge in [0.2, 0.25) is 5.91 Å². The van der Waals surface area contributed by atoms with Gasteiger partial charge in [-0.3, -0.25) is 4.79 Å².